The van der Waals surface area contributed by atoms with Gasteiger partial charge in [0.05, 0.1) is 14.2 Å². The average Bonchev–Trinajstić information content (AvgIpc) is 3.16. The highest BCUT2D eigenvalue weighted by Crippen LogP contribution is 2.61. The van der Waals surface area contributed by atoms with E-state index in [1.807, 2.05) is 37.3 Å². The van der Waals surface area contributed by atoms with E-state index in [0.717, 1.165) is 29.9 Å². The van der Waals surface area contributed by atoms with E-state index in [2.05, 4.69) is 24.4 Å². The molecule has 0 saturated carbocycles. The number of methoxy groups -OCH3 is 2. The molecule has 1 amide bonds. The normalized spacial score (nSPS) is 29.9. The Kier molecular flexibility index (Phi) is 6.31. The van der Waals surface area contributed by atoms with Gasteiger partial charge in [0.25, 0.3) is 0 Å². The minimum absolute atomic E-state index is 0.0808. The first-order chi connectivity index (χ1) is 15.6. The minimum Gasteiger partial charge on any atom is -0.497 e. The first-order valence-corrected chi connectivity index (χ1v) is 11.1. The van der Waals surface area contributed by atoms with Crippen LogP contribution in [-0.2, 0) is 14.2 Å². The van der Waals surface area contributed by atoms with E-state index in [0.29, 0.717) is 17.9 Å². The molecule has 4 rings (SSSR count). The molecule has 1 saturated heterocycles. The van der Waals surface area contributed by atoms with Crippen molar-refractivity contribution < 1.29 is 23.7 Å². The molecule has 0 bridgehead atoms. The summed E-state index contributed by atoms with van der Waals surface area (Å²) in [6.07, 6.45) is 9.75. The van der Waals surface area contributed by atoms with Crippen LogP contribution in [-0.4, -0.2) is 32.5 Å². The van der Waals surface area contributed by atoms with Crippen molar-refractivity contribution in [1.29, 1.82) is 0 Å². The Morgan fingerprint density at radius 3 is 2.66 bits per heavy atom. The van der Waals surface area contributed by atoms with Crippen molar-refractivity contribution in [2.75, 3.05) is 14.2 Å². The van der Waals surface area contributed by atoms with Crippen LogP contribution in [0, 0.1) is 11.3 Å². The molecule has 3 aliphatic rings. The van der Waals surface area contributed by atoms with E-state index in [-0.39, 0.29) is 23.5 Å². The summed E-state index contributed by atoms with van der Waals surface area (Å²) >= 11 is 0. The molecule has 6 nitrogen and oxygen atoms in total. The van der Waals surface area contributed by atoms with E-state index in [1.165, 1.54) is 0 Å². The summed E-state index contributed by atoms with van der Waals surface area (Å²) in [4.78, 5) is 12.7. The average molecular weight is 438 g/mol. The third-order valence-corrected chi connectivity index (χ3v) is 6.84. The first kappa shape index (κ1) is 22.1. The topological polar surface area (TPSA) is 66.0 Å². The number of hydrogen-bond donors (Lipinski definition) is 1. The molecule has 4 atom stereocenters. The molecule has 6 heteroatoms. The number of amides is 1. The molecule has 1 aliphatic heterocycles. The second-order valence-electron chi connectivity index (χ2n) is 8.25. The summed E-state index contributed by atoms with van der Waals surface area (Å²) in [5.41, 5.74) is 0.825. The fourth-order valence-electron chi connectivity index (χ4n) is 5.46. The molecule has 1 aromatic rings. The maximum Gasteiger partial charge on any atom is 0.412 e. The Morgan fingerprint density at radius 2 is 2.00 bits per heavy atom. The van der Waals surface area contributed by atoms with Gasteiger partial charge in [-0.15, -0.1) is 0 Å². The number of para-hydroxylation sites is 1. The van der Waals surface area contributed by atoms with Gasteiger partial charge in [-0.05, 0) is 56.4 Å². The van der Waals surface area contributed by atoms with Gasteiger partial charge < -0.3 is 24.3 Å². The van der Waals surface area contributed by atoms with Crippen LogP contribution in [0.5, 0.6) is 5.75 Å². The number of carbonyl (C=O) groups is 1. The Hall–Kier alpha value is -3.15. The largest absolute Gasteiger partial charge is 0.497 e. The molecule has 1 heterocycles. The molecule has 0 spiro atoms. The van der Waals surface area contributed by atoms with E-state index >= 15 is 0 Å². The summed E-state index contributed by atoms with van der Waals surface area (Å²) in [6, 6.07) is 9.03. The van der Waals surface area contributed by atoms with Gasteiger partial charge in [0.15, 0.2) is 17.6 Å². The van der Waals surface area contributed by atoms with Crippen LogP contribution in [0.2, 0.25) is 0 Å². The Labute approximate surface area is 189 Å². The van der Waals surface area contributed by atoms with E-state index in [4.69, 9.17) is 18.9 Å². The minimum atomic E-state index is -0.441. The molecule has 2 unspecified atom stereocenters. The molecule has 0 radical (unpaired) electrons. The molecule has 170 valence electrons. The van der Waals surface area contributed by atoms with Gasteiger partial charge in [-0.2, -0.15) is 0 Å². The molecule has 32 heavy (non-hydrogen) atoms. The second-order valence-corrected chi connectivity index (χ2v) is 8.25. The van der Waals surface area contributed by atoms with Crippen molar-refractivity contribution in [2.45, 2.75) is 45.3 Å². The van der Waals surface area contributed by atoms with Crippen molar-refractivity contribution in [2.24, 2.45) is 11.3 Å². The highest BCUT2D eigenvalue weighted by atomic mass is 16.6. The molecular weight excluding hydrogens is 406 g/mol. The number of rotatable bonds is 6. The van der Waals surface area contributed by atoms with Crippen LogP contribution in [0.15, 0.2) is 77.5 Å². The molecule has 1 N–H and O–H groups in total. The van der Waals surface area contributed by atoms with Gasteiger partial charge in [-0.25, -0.2) is 4.79 Å². The van der Waals surface area contributed by atoms with Crippen LogP contribution >= 0.6 is 0 Å². The first-order valence-electron chi connectivity index (χ1n) is 11.1. The SMILES string of the molecule is C/C=C\C(OC)=C1\O[C@@H]2C(OC)=CCC3C(NC(=O)Oc4ccccc4)CC=C1[C@@]32CC. The van der Waals surface area contributed by atoms with Crippen molar-refractivity contribution in [3.8, 4) is 5.75 Å². The summed E-state index contributed by atoms with van der Waals surface area (Å²) < 4.78 is 23.4. The third kappa shape index (κ3) is 3.57. The fraction of sp³-hybridized carbons (Fsp3) is 0.423. The van der Waals surface area contributed by atoms with Crippen LogP contribution in [0.4, 0.5) is 4.79 Å². The zero-order valence-corrected chi connectivity index (χ0v) is 19.1. The van der Waals surface area contributed by atoms with Gasteiger partial charge in [0.1, 0.15) is 11.5 Å². The highest BCUT2D eigenvalue weighted by molar-refractivity contribution is 5.71. The van der Waals surface area contributed by atoms with Crippen molar-refractivity contribution in [1.82, 2.24) is 5.32 Å². The molecule has 2 aliphatic carbocycles. The van der Waals surface area contributed by atoms with Gasteiger partial charge in [-0.3, -0.25) is 0 Å². The van der Waals surface area contributed by atoms with Gasteiger partial charge >= 0.3 is 6.09 Å². The number of ether oxygens (including phenoxy) is 4. The van der Waals surface area contributed by atoms with Crippen LogP contribution in [0.25, 0.3) is 0 Å². The summed E-state index contributed by atoms with van der Waals surface area (Å²) in [7, 11) is 3.34. The van der Waals surface area contributed by atoms with Crippen LogP contribution < -0.4 is 10.1 Å². The van der Waals surface area contributed by atoms with Crippen LogP contribution in [0.3, 0.4) is 0 Å². The van der Waals surface area contributed by atoms with Gasteiger partial charge in [0.2, 0.25) is 0 Å². The summed E-state index contributed by atoms with van der Waals surface area (Å²) in [6.45, 7) is 4.12. The van der Waals surface area contributed by atoms with Crippen molar-refractivity contribution in [3.05, 3.63) is 77.5 Å². The summed E-state index contributed by atoms with van der Waals surface area (Å²) in [5.74, 6) is 2.95. The maximum absolute atomic E-state index is 12.7. The van der Waals surface area contributed by atoms with Gasteiger partial charge in [0, 0.05) is 17.0 Å². The molecule has 1 aromatic carbocycles. The lowest BCUT2D eigenvalue weighted by Crippen LogP contribution is -2.55. The standard InChI is InChI=1S/C26H31NO5/c1-5-10-21(29-3)23-19-13-15-20(27-25(28)31-17-11-8-7-9-12-17)18-14-16-22(30-4)24(32-23)26(18,19)6-2/h5,7-13,16,18,20,24H,6,14-15H2,1-4H3,(H,27,28)/b10-5-,23-21-/t18?,20?,24-,26-/m1/s1. The van der Waals surface area contributed by atoms with E-state index in [9.17, 15) is 4.79 Å². The zero-order valence-electron chi connectivity index (χ0n) is 19.1. The van der Waals surface area contributed by atoms with Gasteiger partial charge in [-0.1, -0.05) is 37.3 Å². The Bertz CT molecular complexity index is 977. The number of allylic oxidation sites excluding steroid dienone is 4. The lowest BCUT2D eigenvalue weighted by atomic mass is 9.56. The van der Waals surface area contributed by atoms with Crippen LogP contribution in [0.1, 0.15) is 33.1 Å². The molecule has 0 aromatic heterocycles. The maximum atomic E-state index is 12.7. The lowest BCUT2D eigenvalue weighted by molar-refractivity contribution is -0.00436. The quantitative estimate of drug-likeness (QED) is 0.616. The predicted octanol–water partition coefficient (Wildman–Crippen LogP) is 5.25. The molecular formula is C26H31NO5. The zero-order chi connectivity index (χ0) is 22.7. The second kappa shape index (κ2) is 9.15. The number of benzene rings is 1. The monoisotopic (exact) mass is 437 g/mol. The Morgan fingerprint density at radius 1 is 1.22 bits per heavy atom. The highest BCUT2D eigenvalue weighted by Gasteiger charge is 2.62. The lowest BCUT2D eigenvalue weighted by Gasteiger charge is -2.48. The Balaban J connectivity index is 1.70. The van der Waals surface area contributed by atoms with E-state index < -0.39 is 6.09 Å². The van der Waals surface area contributed by atoms with Crippen molar-refractivity contribution in [3.63, 3.8) is 0 Å². The molecule has 1 fully saturated rings. The van der Waals surface area contributed by atoms with E-state index in [1.54, 1.807) is 26.4 Å². The fourth-order valence-corrected chi connectivity index (χ4v) is 5.46. The smallest absolute Gasteiger partial charge is 0.412 e. The predicted molar refractivity (Wildman–Crippen MR) is 122 cm³/mol. The third-order valence-electron chi connectivity index (χ3n) is 6.84. The number of carbonyl (C=O) groups excluding carboxylic acids is 1. The number of nitrogens with one attached hydrogen (secondary N) is 1. The van der Waals surface area contributed by atoms with Crippen molar-refractivity contribution >= 4 is 6.09 Å². The summed E-state index contributed by atoms with van der Waals surface area (Å²) in [5, 5.41) is 3.12. The number of hydrogen-bond acceptors (Lipinski definition) is 5.